The minimum Gasteiger partial charge on any atom is -0.348 e. The van der Waals surface area contributed by atoms with E-state index in [1.165, 1.54) is 26.3 Å². The van der Waals surface area contributed by atoms with E-state index in [9.17, 15) is 13.2 Å². The van der Waals surface area contributed by atoms with Crippen molar-refractivity contribution in [3.05, 3.63) is 29.8 Å². The Morgan fingerprint density at radius 2 is 2.04 bits per heavy atom. The Morgan fingerprint density at radius 3 is 2.76 bits per heavy atom. The maximum atomic E-state index is 12.6. The maximum Gasteiger partial charge on any atom is 0.240 e. The molecule has 0 aromatic heterocycles. The number of fused-ring (bicyclic) bond motifs is 1. The second kappa shape index (κ2) is 7.43. The SMILES string of the molecule is CNS(=O)(=O)c1cccc(C(C)NC(=O)C2CC3CCCCC3N2)c1. The van der Waals surface area contributed by atoms with Crippen molar-refractivity contribution in [3.63, 3.8) is 0 Å². The molecule has 138 valence electrons. The van der Waals surface area contributed by atoms with Crippen LogP contribution in [0.3, 0.4) is 0 Å². The molecule has 1 amide bonds. The molecule has 2 aliphatic rings. The molecular weight excluding hydrogens is 338 g/mol. The third-order valence-electron chi connectivity index (χ3n) is 5.48. The summed E-state index contributed by atoms with van der Waals surface area (Å²) < 4.78 is 26.2. The van der Waals surface area contributed by atoms with Crippen LogP contribution in [-0.2, 0) is 14.8 Å². The van der Waals surface area contributed by atoms with Crippen molar-refractivity contribution in [1.82, 2.24) is 15.4 Å². The summed E-state index contributed by atoms with van der Waals surface area (Å²) in [7, 11) is -2.10. The summed E-state index contributed by atoms with van der Waals surface area (Å²) in [6.45, 7) is 1.88. The number of hydrogen-bond donors (Lipinski definition) is 3. The van der Waals surface area contributed by atoms with Crippen LogP contribution in [0.5, 0.6) is 0 Å². The lowest BCUT2D eigenvalue weighted by molar-refractivity contribution is -0.123. The van der Waals surface area contributed by atoms with Crippen LogP contribution in [0.15, 0.2) is 29.2 Å². The molecule has 1 aromatic carbocycles. The first-order valence-corrected chi connectivity index (χ1v) is 10.5. The van der Waals surface area contributed by atoms with Gasteiger partial charge in [0.15, 0.2) is 0 Å². The predicted octanol–water partition coefficient (Wildman–Crippen LogP) is 1.69. The number of sulfonamides is 1. The molecule has 7 heteroatoms. The molecule has 3 rings (SSSR count). The molecule has 4 unspecified atom stereocenters. The first kappa shape index (κ1) is 18.4. The fourth-order valence-corrected chi connectivity index (χ4v) is 4.77. The van der Waals surface area contributed by atoms with Crippen LogP contribution in [0.25, 0.3) is 0 Å². The largest absolute Gasteiger partial charge is 0.348 e. The zero-order valence-electron chi connectivity index (χ0n) is 14.8. The van der Waals surface area contributed by atoms with E-state index in [2.05, 4.69) is 15.4 Å². The average molecular weight is 365 g/mol. The minimum absolute atomic E-state index is 0.00350. The number of benzene rings is 1. The molecule has 6 nitrogen and oxygen atoms in total. The second-order valence-electron chi connectivity index (χ2n) is 7.12. The monoisotopic (exact) mass is 365 g/mol. The quantitative estimate of drug-likeness (QED) is 0.741. The van der Waals surface area contributed by atoms with Crippen LogP contribution in [-0.4, -0.2) is 33.5 Å². The Kier molecular flexibility index (Phi) is 5.46. The van der Waals surface area contributed by atoms with Crippen LogP contribution in [0.2, 0.25) is 0 Å². The van der Waals surface area contributed by atoms with Crippen LogP contribution < -0.4 is 15.4 Å². The summed E-state index contributed by atoms with van der Waals surface area (Å²) in [5.74, 6) is 0.618. The van der Waals surface area contributed by atoms with Crippen molar-refractivity contribution >= 4 is 15.9 Å². The summed E-state index contributed by atoms with van der Waals surface area (Å²) in [6, 6.07) is 6.78. The molecule has 0 spiro atoms. The van der Waals surface area contributed by atoms with Crippen molar-refractivity contribution in [2.24, 2.45) is 5.92 Å². The Morgan fingerprint density at radius 1 is 1.28 bits per heavy atom. The van der Waals surface area contributed by atoms with Crippen molar-refractivity contribution in [2.45, 2.75) is 62.0 Å². The van der Waals surface area contributed by atoms with Gasteiger partial charge >= 0.3 is 0 Å². The lowest BCUT2D eigenvalue weighted by Gasteiger charge is -2.24. The third-order valence-corrected chi connectivity index (χ3v) is 6.89. The number of hydrogen-bond acceptors (Lipinski definition) is 4. The number of amides is 1. The normalized spacial score (nSPS) is 27.5. The molecule has 0 bridgehead atoms. The van der Waals surface area contributed by atoms with Gasteiger partial charge < -0.3 is 10.6 Å². The minimum atomic E-state index is -3.49. The maximum absolute atomic E-state index is 12.6. The summed E-state index contributed by atoms with van der Waals surface area (Å²) in [6.07, 6.45) is 5.78. The molecule has 4 atom stereocenters. The van der Waals surface area contributed by atoms with Gasteiger partial charge in [-0.15, -0.1) is 0 Å². The average Bonchev–Trinajstić information content (AvgIpc) is 3.06. The zero-order valence-corrected chi connectivity index (χ0v) is 15.6. The number of carbonyl (C=O) groups excluding carboxylic acids is 1. The van der Waals surface area contributed by atoms with Crippen molar-refractivity contribution in [2.75, 3.05) is 7.05 Å². The smallest absolute Gasteiger partial charge is 0.240 e. The van der Waals surface area contributed by atoms with Gasteiger partial charge in [0, 0.05) is 6.04 Å². The summed E-state index contributed by atoms with van der Waals surface area (Å²) in [5, 5.41) is 6.50. The predicted molar refractivity (Wildman–Crippen MR) is 96.5 cm³/mol. The van der Waals surface area contributed by atoms with Crippen molar-refractivity contribution in [1.29, 1.82) is 0 Å². The first-order chi connectivity index (χ1) is 11.9. The van der Waals surface area contributed by atoms with E-state index in [0.717, 1.165) is 18.4 Å². The van der Waals surface area contributed by atoms with Gasteiger partial charge in [0.05, 0.1) is 17.0 Å². The number of nitrogens with one attached hydrogen (secondary N) is 3. The summed E-state index contributed by atoms with van der Waals surface area (Å²) >= 11 is 0. The lowest BCUT2D eigenvalue weighted by atomic mass is 9.85. The van der Waals surface area contributed by atoms with E-state index in [0.29, 0.717) is 12.0 Å². The molecule has 1 heterocycles. The van der Waals surface area contributed by atoms with Crippen LogP contribution in [0.4, 0.5) is 0 Å². The number of carbonyl (C=O) groups is 1. The molecular formula is C18H27N3O3S. The van der Waals surface area contributed by atoms with Crippen LogP contribution in [0, 0.1) is 5.92 Å². The van der Waals surface area contributed by atoms with Gasteiger partial charge in [0.2, 0.25) is 15.9 Å². The van der Waals surface area contributed by atoms with Crippen LogP contribution >= 0.6 is 0 Å². The van der Waals surface area contributed by atoms with Gasteiger partial charge in [0.1, 0.15) is 0 Å². The van der Waals surface area contributed by atoms with Crippen LogP contribution in [0.1, 0.15) is 50.6 Å². The summed E-state index contributed by atoms with van der Waals surface area (Å²) in [4.78, 5) is 12.8. The molecule has 1 saturated heterocycles. The third kappa shape index (κ3) is 4.04. The second-order valence-corrected chi connectivity index (χ2v) is 9.00. The van der Waals surface area contributed by atoms with Gasteiger partial charge in [-0.3, -0.25) is 4.79 Å². The highest BCUT2D eigenvalue weighted by molar-refractivity contribution is 7.89. The standard InChI is InChI=1S/C18H27N3O3S/c1-12(13-7-5-8-15(10-13)25(23,24)19-2)20-18(22)17-11-14-6-3-4-9-16(14)21-17/h5,7-8,10,12,14,16-17,19,21H,3-4,6,9,11H2,1-2H3,(H,20,22). The van der Waals surface area contributed by atoms with E-state index < -0.39 is 10.0 Å². The highest BCUT2D eigenvalue weighted by atomic mass is 32.2. The van der Waals surface area contributed by atoms with Gasteiger partial charge in [-0.1, -0.05) is 25.0 Å². The fourth-order valence-electron chi connectivity index (χ4n) is 3.99. The first-order valence-electron chi connectivity index (χ1n) is 9.00. The lowest BCUT2D eigenvalue weighted by Crippen LogP contribution is -2.43. The van der Waals surface area contributed by atoms with Crippen molar-refractivity contribution < 1.29 is 13.2 Å². The van der Waals surface area contributed by atoms with E-state index in [4.69, 9.17) is 0 Å². The van der Waals surface area contributed by atoms with Gasteiger partial charge in [-0.05, 0) is 56.8 Å². The molecule has 0 radical (unpaired) electrons. The van der Waals surface area contributed by atoms with E-state index >= 15 is 0 Å². The van der Waals surface area contributed by atoms with E-state index in [1.807, 2.05) is 13.0 Å². The molecule has 3 N–H and O–H groups in total. The zero-order chi connectivity index (χ0) is 18.0. The molecule has 1 saturated carbocycles. The highest BCUT2D eigenvalue weighted by Gasteiger charge is 2.38. The van der Waals surface area contributed by atoms with Crippen molar-refractivity contribution in [3.8, 4) is 0 Å². The molecule has 25 heavy (non-hydrogen) atoms. The fraction of sp³-hybridized carbons (Fsp3) is 0.611. The Bertz CT molecular complexity index is 721. The van der Waals surface area contributed by atoms with E-state index in [-0.39, 0.29) is 22.9 Å². The molecule has 1 aromatic rings. The van der Waals surface area contributed by atoms with E-state index in [1.54, 1.807) is 18.2 Å². The molecule has 1 aliphatic carbocycles. The molecule has 2 fully saturated rings. The van der Waals surface area contributed by atoms with Gasteiger partial charge in [0.25, 0.3) is 0 Å². The van der Waals surface area contributed by atoms with Gasteiger partial charge in [-0.25, -0.2) is 13.1 Å². The van der Waals surface area contributed by atoms with Gasteiger partial charge in [-0.2, -0.15) is 0 Å². The Balaban J connectivity index is 1.65. The summed E-state index contributed by atoms with van der Waals surface area (Å²) in [5.41, 5.74) is 0.778. The number of rotatable bonds is 5. The Hall–Kier alpha value is -1.44. The highest BCUT2D eigenvalue weighted by Crippen LogP contribution is 2.33. The Labute approximate surface area is 149 Å². The molecule has 1 aliphatic heterocycles. The topological polar surface area (TPSA) is 87.3 Å².